The summed E-state index contributed by atoms with van der Waals surface area (Å²) in [5.74, 6) is -0.412. The second-order valence-electron chi connectivity index (χ2n) is 10.1. The van der Waals surface area contributed by atoms with Crippen LogP contribution >= 0.6 is 0 Å². The van der Waals surface area contributed by atoms with E-state index in [0.717, 1.165) is 19.3 Å². The Morgan fingerprint density at radius 1 is 0.694 bits per heavy atom. The van der Waals surface area contributed by atoms with Gasteiger partial charge in [-0.3, -0.25) is 19.3 Å². The number of benzene rings is 2. The van der Waals surface area contributed by atoms with Gasteiger partial charge in [-0.2, -0.15) is 0 Å². The fraction of sp³-hybridized carbons (Fsp3) is 0.581. The molecular formula is C31H43NO4. The molecule has 0 saturated heterocycles. The molecule has 0 fully saturated rings. The van der Waals surface area contributed by atoms with Gasteiger partial charge in [-0.05, 0) is 31.0 Å². The van der Waals surface area contributed by atoms with E-state index >= 15 is 0 Å². The number of ether oxygens (including phenoxy) is 1. The molecule has 5 nitrogen and oxygen atoms in total. The average Bonchev–Trinajstić information content (AvgIpc) is 2.88. The first kappa shape index (κ1) is 27.9. The molecule has 196 valence electrons. The number of unbranched alkanes of at least 4 members (excludes halogenated alkanes) is 12. The number of hydrogen-bond acceptors (Lipinski definition) is 4. The van der Waals surface area contributed by atoms with Crippen LogP contribution in [0.5, 0.6) is 5.75 Å². The van der Waals surface area contributed by atoms with Crippen LogP contribution in [0, 0.1) is 0 Å². The molecule has 3 rings (SSSR count). The standard InChI is InChI=1S/C31H43NO4/c1-3-5-6-7-8-9-10-11-12-13-14-15-16-20-28(33)36-27-22-21-26-29-24(27)18-17-19-25(29)30(34)32(23-4-2)31(26)35/h17-19,21-22H,3-16,20,23H2,1-2H3. The predicted molar refractivity (Wildman–Crippen MR) is 146 cm³/mol. The molecule has 0 aromatic heterocycles. The summed E-state index contributed by atoms with van der Waals surface area (Å²) in [5.41, 5.74) is 0.981. The van der Waals surface area contributed by atoms with E-state index in [2.05, 4.69) is 6.92 Å². The first-order chi connectivity index (χ1) is 17.6. The number of hydrogen-bond donors (Lipinski definition) is 0. The van der Waals surface area contributed by atoms with E-state index in [9.17, 15) is 14.4 Å². The van der Waals surface area contributed by atoms with Crippen molar-refractivity contribution in [2.75, 3.05) is 6.54 Å². The van der Waals surface area contributed by atoms with Crippen LogP contribution in [0.2, 0.25) is 0 Å². The van der Waals surface area contributed by atoms with Crippen molar-refractivity contribution in [2.24, 2.45) is 0 Å². The summed E-state index contributed by atoms with van der Waals surface area (Å²) in [6.07, 6.45) is 17.5. The first-order valence-corrected chi connectivity index (χ1v) is 14.2. The Kier molecular flexibility index (Phi) is 11.4. The normalized spacial score (nSPS) is 13.0. The molecule has 1 aliphatic rings. The number of nitrogens with zero attached hydrogens (tertiary/aromatic N) is 1. The van der Waals surface area contributed by atoms with Gasteiger partial charge in [-0.25, -0.2) is 0 Å². The van der Waals surface area contributed by atoms with Gasteiger partial charge in [0, 0.05) is 34.9 Å². The third kappa shape index (κ3) is 7.41. The van der Waals surface area contributed by atoms with Crippen molar-refractivity contribution in [2.45, 2.75) is 110 Å². The van der Waals surface area contributed by atoms with E-state index in [1.807, 2.05) is 13.0 Å². The number of esters is 1. The average molecular weight is 494 g/mol. The number of amides is 2. The van der Waals surface area contributed by atoms with Gasteiger partial charge >= 0.3 is 5.97 Å². The van der Waals surface area contributed by atoms with Crippen LogP contribution in [0.25, 0.3) is 10.8 Å². The molecule has 5 heteroatoms. The Labute approximate surface area is 216 Å². The van der Waals surface area contributed by atoms with Crippen LogP contribution in [0.3, 0.4) is 0 Å². The van der Waals surface area contributed by atoms with Gasteiger partial charge in [-0.15, -0.1) is 0 Å². The predicted octanol–water partition coefficient (Wildman–Crippen LogP) is 8.23. The minimum Gasteiger partial charge on any atom is -0.426 e. The SMILES string of the molecule is CCCCCCCCCCCCCCCC(=O)Oc1ccc2c3c(cccc13)C(=O)N(CCC)C2=O. The smallest absolute Gasteiger partial charge is 0.311 e. The molecule has 0 N–H and O–H groups in total. The van der Waals surface area contributed by atoms with E-state index in [-0.39, 0.29) is 17.8 Å². The molecule has 0 radical (unpaired) electrons. The molecule has 1 heterocycles. The Bertz CT molecular complexity index is 1010. The molecule has 0 atom stereocenters. The molecule has 0 saturated carbocycles. The Balaban J connectivity index is 1.41. The Morgan fingerprint density at radius 3 is 1.83 bits per heavy atom. The van der Waals surface area contributed by atoms with Crippen LogP contribution in [-0.2, 0) is 4.79 Å². The fourth-order valence-electron chi connectivity index (χ4n) is 5.10. The van der Waals surface area contributed by atoms with Gasteiger partial charge in [0.25, 0.3) is 11.8 Å². The van der Waals surface area contributed by atoms with Crippen LogP contribution < -0.4 is 4.74 Å². The molecule has 0 aliphatic carbocycles. The highest BCUT2D eigenvalue weighted by molar-refractivity contribution is 6.26. The number of rotatable bonds is 17. The van der Waals surface area contributed by atoms with E-state index in [1.165, 1.54) is 69.1 Å². The molecule has 0 unspecified atom stereocenters. The van der Waals surface area contributed by atoms with Crippen molar-refractivity contribution in [3.8, 4) is 5.75 Å². The van der Waals surface area contributed by atoms with Gasteiger partial charge in [0.05, 0.1) is 0 Å². The maximum atomic E-state index is 12.9. The highest BCUT2D eigenvalue weighted by atomic mass is 16.5. The number of carbonyl (C=O) groups is 3. The molecule has 0 spiro atoms. The first-order valence-electron chi connectivity index (χ1n) is 14.2. The lowest BCUT2D eigenvalue weighted by Gasteiger charge is -2.27. The van der Waals surface area contributed by atoms with Crippen molar-refractivity contribution < 1.29 is 19.1 Å². The lowest BCUT2D eigenvalue weighted by molar-refractivity contribution is -0.134. The third-order valence-corrected chi connectivity index (χ3v) is 7.11. The van der Waals surface area contributed by atoms with Gasteiger partial charge in [0.1, 0.15) is 5.75 Å². The van der Waals surface area contributed by atoms with Gasteiger partial charge in [-0.1, -0.05) is 103 Å². The summed E-state index contributed by atoms with van der Waals surface area (Å²) in [6, 6.07) is 8.69. The second kappa shape index (κ2) is 14.8. The van der Waals surface area contributed by atoms with Gasteiger partial charge < -0.3 is 4.74 Å². The van der Waals surface area contributed by atoms with Crippen LogP contribution in [0.15, 0.2) is 30.3 Å². The number of imide groups is 1. The Hall–Kier alpha value is -2.69. The Morgan fingerprint density at radius 2 is 1.25 bits per heavy atom. The van der Waals surface area contributed by atoms with E-state index in [1.54, 1.807) is 24.3 Å². The third-order valence-electron chi connectivity index (χ3n) is 7.11. The summed E-state index contributed by atoms with van der Waals surface area (Å²) in [4.78, 5) is 39.6. The molecule has 2 amide bonds. The largest absolute Gasteiger partial charge is 0.426 e. The van der Waals surface area contributed by atoms with Crippen LogP contribution in [0.1, 0.15) is 131 Å². The summed E-state index contributed by atoms with van der Waals surface area (Å²) in [7, 11) is 0. The lowest BCUT2D eigenvalue weighted by Crippen LogP contribution is -2.40. The summed E-state index contributed by atoms with van der Waals surface area (Å²) >= 11 is 0. The quantitative estimate of drug-likeness (QED) is 0.0963. The van der Waals surface area contributed by atoms with Crippen molar-refractivity contribution in [1.29, 1.82) is 0 Å². The minimum absolute atomic E-state index is 0.264. The summed E-state index contributed by atoms with van der Waals surface area (Å²) < 4.78 is 5.68. The van der Waals surface area contributed by atoms with E-state index in [0.29, 0.717) is 47.0 Å². The van der Waals surface area contributed by atoms with E-state index < -0.39 is 0 Å². The van der Waals surface area contributed by atoms with E-state index in [4.69, 9.17) is 4.74 Å². The highest BCUT2D eigenvalue weighted by Crippen LogP contribution is 2.35. The zero-order valence-electron chi connectivity index (χ0n) is 22.3. The molecule has 36 heavy (non-hydrogen) atoms. The van der Waals surface area contributed by atoms with Gasteiger partial charge in [0.15, 0.2) is 0 Å². The second-order valence-corrected chi connectivity index (χ2v) is 10.1. The van der Waals surface area contributed by atoms with Crippen molar-refractivity contribution in [3.63, 3.8) is 0 Å². The maximum absolute atomic E-state index is 12.9. The van der Waals surface area contributed by atoms with Crippen LogP contribution in [-0.4, -0.2) is 29.2 Å². The summed E-state index contributed by atoms with van der Waals surface area (Å²) in [5, 5.41) is 1.23. The van der Waals surface area contributed by atoms with Crippen LogP contribution in [0.4, 0.5) is 0 Å². The minimum atomic E-state index is -0.282. The molecule has 2 aromatic carbocycles. The molecule has 2 aromatic rings. The van der Waals surface area contributed by atoms with Gasteiger partial charge in [0.2, 0.25) is 0 Å². The van der Waals surface area contributed by atoms with Crippen molar-refractivity contribution >= 4 is 28.6 Å². The zero-order valence-corrected chi connectivity index (χ0v) is 22.3. The van der Waals surface area contributed by atoms with Crippen molar-refractivity contribution in [1.82, 2.24) is 4.90 Å². The maximum Gasteiger partial charge on any atom is 0.311 e. The zero-order chi connectivity index (χ0) is 25.8. The lowest BCUT2D eigenvalue weighted by atomic mass is 9.93. The monoisotopic (exact) mass is 493 g/mol. The number of carbonyl (C=O) groups excluding carboxylic acids is 3. The highest BCUT2D eigenvalue weighted by Gasteiger charge is 2.33. The summed E-state index contributed by atoms with van der Waals surface area (Å²) in [6.45, 7) is 4.59. The fourth-order valence-corrected chi connectivity index (χ4v) is 5.10. The molecular weight excluding hydrogens is 450 g/mol. The molecule has 0 bridgehead atoms. The molecule has 1 aliphatic heterocycles. The topological polar surface area (TPSA) is 63.7 Å². The van der Waals surface area contributed by atoms with Crippen molar-refractivity contribution in [3.05, 3.63) is 41.5 Å².